The number of carbonyl (C=O) groups excluding carboxylic acids is 1. The first-order valence-electron chi connectivity index (χ1n) is 7.62. The summed E-state index contributed by atoms with van der Waals surface area (Å²) in [5.74, 6) is 2.25. The maximum absolute atomic E-state index is 12.2. The van der Waals surface area contributed by atoms with Gasteiger partial charge in [-0.15, -0.1) is 0 Å². The lowest BCUT2D eigenvalue weighted by Crippen LogP contribution is -2.43. The average Bonchev–Trinajstić information content (AvgIpc) is 3.16. The van der Waals surface area contributed by atoms with Gasteiger partial charge < -0.3 is 10.2 Å². The molecule has 1 N–H and O–H groups in total. The number of aryl methyl sites for hydroxylation is 1. The zero-order valence-electron chi connectivity index (χ0n) is 12.3. The van der Waals surface area contributed by atoms with E-state index in [2.05, 4.69) is 22.1 Å². The molecule has 1 saturated heterocycles. The van der Waals surface area contributed by atoms with Gasteiger partial charge in [-0.05, 0) is 44.2 Å². The largest absolute Gasteiger partial charge is 0.367 e. The van der Waals surface area contributed by atoms with Crippen LogP contribution in [0.5, 0.6) is 0 Å². The van der Waals surface area contributed by atoms with E-state index in [4.69, 9.17) is 0 Å². The molecular weight excluding hydrogens is 250 g/mol. The Hall–Kier alpha value is -1.58. The lowest BCUT2D eigenvalue weighted by Gasteiger charge is -2.33. The van der Waals surface area contributed by atoms with E-state index in [-0.39, 0.29) is 0 Å². The molecule has 0 bridgehead atoms. The molecule has 1 aliphatic heterocycles. The van der Waals surface area contributed by atoms with Crippen LogP contribution >= 0.6 is 0 Å². The molecule has 2 aliphatic rings. The van der Waals surface area contributed by atoms with Crippen molar-refractivity contribution < 1.29 is 4.79 Å². The highest BCUT2D eigenvalue weighted by molar-refractivity contribution is 5.81. The van der Waals surface area contributed by atoms with Crippen molar-refractivity contribution in [3.63, 3.8) is 0 Å². The van der Waals surface area contributed by atoms with Crippen LogP contribution in [0.3, 0.4) is 0 Å². The summed E-state index contributed by atoms with van der Waals surface area (Å²) in [5.41, 5.74) is 1.03. The highest BCUT2D eigenvalue weighted by atomic mass is 16.2. The number of rotatable bonds is 3. The number of piperidine rings is 1. The van der Waals surface area contributed by atoms with Crippen LogP contribution in [-0.4, -0.2) is 34.9 Å². The monoisotopic (exact) mass is 273 g/mol. The molecule has 1 amide bonds. The minimum Gasteiger partial charge on any atom is -0.367 e. The third-order valence-electron chi connectivity index (χ3n) is 4.47. The van der Waals surface area contributed by atoms with Gasteiger partial charge in [0.15, 0.2) is 0 Å². The number of nitrogens with one attached hydrogen (secondary N) is 1. The summed E-state index contributed by atoms with van der Waals surface area (Å²) in [6.45, 7) is 5.93. The van der Waals surface area contributed by atoms with Crippen LogP contribution in [0.2, 0.25) is 0 Å². The molecule has 1 aliphatic carbocycles. The molecular formula is C16H23N3O. The lowest BCUT2D eigenvalue weighted by molar-refractivity contribution is -0.133. The van der Waals surface area contributed by atoms with Gasteiger partial charge >= 0.3 is 0 Å². The predicted octanol–water partition coefficient (Wildman–Crippen LogP) is 2.45. The van der Waals surface area contributed by atoms with Crippen molar-refractivity contribution >= 4 is 11.7 Å². The van der Waals surface area contributed by atoms with Crippen molar-refractivity contribution in [2.45, 2.75) is 39.2 Å². The third kappa shape index (κ3) is 2.94. The Balaban J connectivity index is 1.50. The van der Waals surface area contributed by atoms with Crippen LogP contribution in [-0.2, 0) is 4.79 Å². The van der Waals surface area contributed by atoms with Gasteiger partial charge in [-0.3, -0.25) is 4.79 Å². The van der Waals surface area contributed by atoms with E-state index in [1.165, 1.54) is 0 Å². The Bertz CT molecular complexity index is 494. The van der Waals surface area contributed by atoms with Gasteiger partial charge in [0.1, 0.15) is 5.82 Å². The fourth-order valence-electron chi connectivity index (χ4n) is 2.98. The maximum Gasteiger partial charge on any atom is 0.225 e. The molecule has 2 heterocycles. The van der Waals surface area contributed by atoms with Crippen molar-refractivity contribution in [3.8, 4) is 0 Å². The molecule has 2 atom stereocenters. The van der Waals surface area contributed by atoms with Crippen molar-refractivity contribution in [2.24, 2.45) is 11.8 Å². The number of carbonyl (C=O) groups is 1. The van der Waals surface area contributed by atoms with Crippen LogP contribution in [0.4, 0.5) is 5.82 Å². The third-order valence-corrected chi connectivity index (χ3v) is 4.47. The van der Waals surface area contributed by atoms with Gasteiger partial charge in [0.05, 0.1) is 0 Å². The summed E-state index contributed by atoms with van der Waals surface area (Å²) in [5, 5.41) is 3.49. The molecule has 0 radical (unpaired) electrons. The van der Waals surface area contributed by atoms with Gasteiger partial charge in [0, 0.05) is 30.7 Å². The van der Waals surface area contributed by atoms with Crippen molar-refractivity contribution in [1.82, 2.24) is 9.88 Å². The second-order valence-corrected chi connectivity index (χ2v) is 6.23. The minimum atomic E-state index is 0.318. The van der Waals surface area contributed by atoms with Crippen molar-refractivity contribution in [2.75, 3.05) is 18.4 Å². The van der Waals surface area contributed by atoms with E-state index in [0.717, 1.165) is 43.9 Å². The van der Waals surface area contributed by atoms with E-state index < -0.39 is 0 Å². The van der Waals surface area contributed by atoms with Gasteiger partial charge in [-0.1, -0.05) is 13.0 Å². The van der Waals surface area contributed by atoms with Crippen molar-refractivity contribution in [3.05, 3.63) is 23.9 Å². The second kappa shape index (κ2) is 5.43. The van der Waals surface area contributed by atoms with Crippen molar-refractivity contribution in [1.29, 1.82) is 0 Å². The molecule has 20 heavy (non-hydrogen) atoms. The normalized spacial score (nSPS) is 26.4. The van der Waals surface area contributed by atoms with Gasteiger partial charge in [-0.2, -0.15) is 0 Å². The zero-order chi connectivity index (χ0) is 14.1. The molecule has 2 fully saturated rings. The summed E-state index contributed by atoms with van der Waals surface area (Å²) in [6.07, 6.45) is 3.12. The van der Waals surface area contributed by atoms with Gasteiger partial charge in [0.25, 0.3) is 0 Å². The summed E-state index contributed by atoms with van der Waals surface area (Å²) >= 11 is 0. The number of amides is 1. The molecule has 1 aromatic heterocycles. The number of hydrogen-bond donors (Lipinski definition) is 1. The standard InChI is InChI=1S/C16H23N3O/c1-11-10-14(11)16(20)19-8-6-13(7-9-19)18-15-5-3-4-12(2)17-15/h3-5,11,13-14H,6-10H2,1-2H3,(H,17,18). The predicted molar refractivity (Wildman–Crippen MR) is 79.5 cm³/mol. The average molecular weight is 273 g/mol. The first-order valence-corrected chi connectivity index (χ1v) is 7.62. The number of aromatic nitrogens is 1. The molecule has 0 spiro atoms. The summed E-state index contributed by atoms with van der Waals surface area (Å²) in [4.78, 5) is 18.7. The van der Waals surface area contributed by atoms with Gasteiger partial charge in [0.2, 0.25) is 5.91 Å². The molecule has 0 aromatic carbocycles. The van der Waals surface area contributed by atoms with E-state index >= 15 is 0 Å². The van der Waals surface area contributed by atoms with E-state index in [1.807, 2.05) is 25.1 Å². The number of nitrogens with zero attached hydrogens (tertiary/aromatic N) is 2. The topological polar surface area (TPSA) is 45.2 Å². The lowest BCUT2D eigenvalue weighted by atomic mass is 10.0. The first-order chi connectivity index (χ1) is 9.63. The molecule has 4 heteroatoms. The minimum absolute atomic E-state index is 0.318. The van der Waals surface area contributed by atoms with E-state index in [1.54, 1.807) is 0 Å². The number of anilines is 1. The molecule has 1 aromatic rings. The van der Waals surface area contributed by atoms with Crippen LogP contribution in [0, 0.1) is 18.8 Å². The van der Waals surface area contributed by atoms with E-state index in [9.17, 15) is 4.79 Å². The molecule has 2 unspecified atom stereocenters. The molecule has 1 saturated carbocycles. The summed E-state index contributed by atoms with van der Waals surface area (Å²) < 4.78 is 0. The number of pyridine rings is 1. The molecule has 3 rings (SSSR count). The first kappa shape index (κ1) is 13.4. The number of hydrogen-bond acceptors (Lipinski definition) is 3. The van der Waals surface area contributed by atoms with Crippen LogP contribution in [0.1, 0.15) is 31.9 Å². The van der Waals surface area contributed by atoms with E-state index in [0.29, 0.717) is 23.8 Å². The summed E-state index contributed by atoms with van der Waals surface area (Å²) in [6, 6.07) is 6.47. The fourth-order valence-corrected chi connectivity index (χ4v) is 2.98. The van der Waals surface area contributed by atoms with Crippen LogP contribution < -0.4 is 5.32 Å². The zero-order valence-corrected chi connectivity index (χ0v) is 12.3. The molecule has 4 nitrogen and oxygen atoms in total. The quantitative estimate of drug-likeness (QED) is 0.920. The SMILES string of the molecule is Cc1cccc(NC2CCN(C(=O)C3CC3C)CC2)n1. The molecule has 108 valence electrons. The Morgan fingerprint density at radius 1 is 1.35 bits per heavy atom. The smallest absolute Gasteiger partial charge is 0.225 e. The Kier molecular flexibility index (Phi) is 3.64. The van der Waals surface area contributed by atoms with Crippen LogP contribution in [0.15, 0.2) is 18.2 Å². The van der Waals surface area contributed by atoms with Gasteiger partial charge in [-0.25, -0.2) is 4.98 Å². The maximum atomic E-state index is 12.2. The Morgan fingerprint density at radius 3 is 2.65 bits per heavy atom. The Morgan fingerprint density at radius 2 is 2.05 bits per heavy atom. The van der Waals surface area contributed by atoms with Crippen LogP contribution in [0.25, 0.3) is 0 Å². The Labute approximate surface area is 120 Å². The highest BCUT2D eigenvalue weighted by Gasteiger charge is 2.42. The summed E-state index contributed by atoms with van der Waals surface area (Å²) in [7, 11) is 0. The second-order valence-electron chi connectivity index (χ2n) is 6.23. The number of likely N-dealkylation sites (tertiary alicyclic amines) is 1. The highest BCUT2D eigenvalue weighted by Crippen LogP contribution is 2.39. The fraction of sp³-hybridized carbons (Fsp3) is 0.625.